The summed E-state index contributed by atoms with van der Waals surface area (Å²) in [6.07, 6.45) is 6.31. The third kappa shape index (κ3) is 3.55. The van der Waals surface area contributed by atoms with E-state index in [1.54, 1.807) is 24.7 Å². The number of nitrogens with zero attached hydrogens (tertiary/aromatic N) is 3. The molecule has 0 amide bonds. The molecule has 2 aromatic heterocycles. The van der Waals surface area contributed by atoms with E-state index in [1.807, 2.05) is 18.3 Å². The Bertz CT molecular complexity index is 800. The van der Waals surface area contributed by atoms with Gasteiger partial charge in [0, 0.05) is 36.1 Å². The topological polar surface area (TPSA) is 56.7 Å². The molecule has 0 spiro atoms. The zero-order valence-corrected chi connectivity index (χ0v) is 13.9. The van der Waals surface area contributed by atoms with Gasteiger partial charge in [-0.1, -0.05) is 29.3 Å². The smallest absolute Gasteiger partial charge is 0.0956 e. The molecule has 4 nitrogen and oxygen atoms in total. The SMILES string of the molecule is NCc1c(-c2ccc(Cl)cc2Cl)ncn1CCc1cccnc1. The summed E-state index contributed by atoms with van der Waals surface area (Å²) in [6, 6.07) is 9.39. The summed E-state index contributed by atoms with van der Waals surface area (Å²) in [7, 11) is 0. The van der Waals surface area contributed by atoms with Gasteiger partial charge < -0.3 is 10.3 Å². The van der Waals surface area contributed by atoms with Crippen molar-refractivity contribution in [3.63, 3.8) is 0 Å². The van der Waals surface area contributed by atoms with Gasteiger partial charge in [-0.25, -0.2) is 4.98 Å². The van der Waals surface area contributed by atoms with Gasteiger partial charge in [0.25, 0.3) is 0 Å². The summed E-state index contributed by atoms with van der Waals surface area (Å²) in [5.74, 6) is 0. The molecule has 0 aliphatic carbocycles. The molecule has 0 fully saturated rings. The minimum absolute atomic E-state index is 0.390. The second kappa shape index (κ2) is 7.13. The Morgan fingerprint density at radius 3 is 2.74 bits per heavy atom. The standard InChI is InChI=1S/C17H16Cl2N4/c18-13-3-4-14(15(19)8-13)17-16(9-20)23(11-22-17)7-5-12-2-1-6-21-10-12/h1-4,6,8,10-11H,5,7,9,20H2. The third-order valence-electron chi connectivity index (χ3n) is 3.69. The number of halogens is 2. The fraction of sp³-hybridized carbons (Fsp3) is 0.176. The number of aromatic nitrogens is 3. The second-order valence-corrected chi connectivity index (χ2v) is 6.02. The Morgan fingerprint density at radius 1 is 1.17 bits per heavy atom. The first kappa shape index (κ1) is 16.0. The molecule has 1 aromatic carbocycles. The average molecular weight is 347 g/mol. The molecule has 3 aromatic rings. The van der Waals surface area contributed by atoms with Gasteiger partial charge >= 0.3 is 0 Å². The van der Waals surface area contributed by atoms with Gasteiger partial charge in [0.1, 0.15) is 0 Å². The van der Waals surface area contributed by atoms with Crippen LogP contribution in [0.15, 0.2) is 49.1 Å². The zero-order valence-electron chi connectivity index (χ0n) is 12.4. The zero-order chi connectivity index (χ0) is 16.2. The van der Waals surface area contributed by atoms with Gasteiger partial charge in [-0.2, -0.15) is 0 Å². The minimum Gasteiger partial charge on any atom is -0.333 e. The maximum Gasteiger partial charge on any atom is 0.0956 e. The summed E-state index contributed by atoms with van der Waals surface area (Å²) in [6.45, 7) is 1.18. The number of nitrogens with two attached hydrogens (primary N) is 1. The predicted molar refractivity (Wildman–Crippen MR) is 93.5 cm³/mol. The van der Waals surface area contributed by atoms with Crippen molar-refractivity contribution in [1.82, 2.24) is 14.5 Å². The first-order valence-electron chi connectivity index (χ1n) is 7.27. The number of hydrogen-bond acceptors (Lipinski definition) is 3. The molecule has 0 saturated heterocycles. The monoisotopic (exact) mass is 346 g/mol. The van der Waals surface area contributed by atoms with Gasteiger partial charge in [-0.3, -0.25) is 4.98 Å². The third-order valence-corrected chi connectivity index (χ3v) is 4.24. The van der Waals surface area contributed by atoms with Crippen LogP contribution in [0.4, 0.5) is 0 Å². The van der Waals surface area contributed by atoms with Crippen LogP contribution in [0.5, 0.6) is 0 Å². The number of rotatable bonds is 5. The Morgan fingerprint density at radius 2 is 2.04 bits per heavy atom. The molecule has 2 heterocycles. The molecule has 0 aliphatic heterocycles. The lowest BCUT2D eigenvalue weighted by molar-refractivity contribution is 0.660. The summed E-state index contributed by atoms with van der Waals surface area (Å²) >= 11 is 12.3. The molecule has 0 bridgehead atoms. The number of aryl methyl sites for hydroxylation is 2. The predicted octanol–water partition coefficient (Wildman–Crippen LogP) is 3.95. The maximum absolute atomic E-state index is 6.29. The van der Waals surface area contributed by atoms with E-state index >= 15 is 0 Å². The van der Waals surface area contributed by atoms with Gasteiger partial charge in [-0.15, -0.1) is 0 Å². The van der Waals surface area contributed by atoms with E-state index < -0.39 is 0 Å². The molecular weight excluding hydrogens is 331 g/mol. The Hall–Kier alpha value is -1.88. The highest BCUT2D eigenvalue weighted by Gasteiger charge is 2.14. The molecule has 0 saturated carbocycles. The van der Waals surface area contributed by atoms with Crippen LogP contribution in [-0.4, -0.2) is 14.5 Å². The highest BCUT2D eigenvalue weighted by Crippen LogP contribution is 2.31. The maximum atomic E-state index is 6.29. The summed E-state index contributed by atoms with van der Waals surface area (Å²) in [5.41, 5.74) is 9.72. The van der Waals surface area contributed by atoms with E-state index in [9.17, 15) is 0 Å². The van der Waals surface area contributed by atoms with E-state index in [0.717, 1.165) is 29.9 Å². The second-order valence-electron chi connectivity index (χ2n) is 5.17. The van der Waals surface area contributed by atoms with Crippen LogP contribution in [0, 0.1) is 0 Å². The Balaban J connectivity index is 1.87. The summed E-state index contributed by atoms with van der Waals surface area (Å²) < 4.78 is 2.06. The van der Waals surface area contributed by atoms with Crippen LogP contribution < -0.4 is 5.73 Å². The van der Waals surface area contributed by atoms with Crippen molar-refractivity contribution in [2.75, 3.05) is 0 Å². The first-order valence-corrected chi connectivity index (χ1v) is 8.03. The minimum atomic E-state index is 0.390. The molecule has 118 valence electrons. The van der Waals surface area contributed by atoms with E-state index in [4.69, 9.17) is 28.9 Å². The number of hydrogen-bond donors (Lipinski definition) is 1. The fourth-order valence-corrected chi connectivity index (χ4v) is 3.01. The van der Waals surface area contributed by atoms with E-state index in [1.165, 1.54) is 5.56 Å². The van der Waals surface area contributed by atoms with Crippen LogP contribution in [0.25, 0.3) is 11.3 Å². The van der Waals surface area contributed by atoms with Crippen LogP contribution >= 0.6 is 23.2 Å². The van der Waals surface area contributed by atoms with Crippen molar-refractivity contribution in [1.29, 1.82) is 0 Å². The highest BCUT2D eigenvalue weighted by molar-refractivity contribution is 6.36. The normalized spacial score (nSPS) is 10.9. The van der Waals surface area contributed by atoms with Crippen molar-refractivity contribution < 1.29 is 0 Å². The van der Waals surface area contributed by atoms with E-state index in [-0.39, 0.29) is 0 Å². The lowest BCUT2D eigenvalue weighted by Gasteiger charge is -2.09. The van der Waals surface area contributed by atoms with Crippen molar-refractivity contribution in [2.24, 2.45) is 5.73 Å². The molecular formula is C17H16Cl2N4. The van der Waals surface area contributed by atoms with Crippen LogP contribution in [-0.2, 0) is 19.5 Å². The molecule has 0 radical (unpaired) electrons. The first-order chi connectivity index (χ1) is 11.2. The van der Waals surface area contributed by atoms with Crippen LogP contribution in [0.3, 0.4) is 0 Å². The van der Waals surface area contributed by atoms with Crippen molar-refractivity contribution >= 4 is 23.2 Å². The Labute approximate surface area is 144 Å². The molecule has 2 N–H and O–H groups in total. The molecule has 0 aliphatic rings. The molecule has 6 heteroatoms. The molecule has 23 heavy (non-hydrogen) atoms. The Kier molecular flexibility index (Phi) is 4.96. The molecule has 0 unspecified atom stereocenters. The summed E-state index contributed by atoms with van der Waals surface area (Å²) in [4.78, 5) is 8.63. The van der Waals surface area contributed by atoms with Crippen molar-refractivity contribution in [2.45, 2.75) is 19.5 Å². The van der Waals surface area contributed by atoms with Crippen LogP contribution in [0.1, 0.15) is 11.3 Å². The van der Waals surface area contributed by atoms with E-state index in [2.05, 4.69) is 20.6 Å². The molecule has 3 rings (SSSR count). The largest absolute Gasteiger partial charge is 0.333 e. The van der Waals surface area contributed by atoms with Crippen molar-refractivity contribution in [3.8, 4) is 11.3 Å². The highest BCUT2D eigenvalue weighted by atomic mass is 35.5. The van der Waals surface area contributed by atoms with Gasteiger partial charge in [0.2, 0.25) is 0 Å². The summed E-state index contributed by atoms with van der Waals surface area (Å²) in [5, 5.41) is 1.17. The number of benzene rings is 1. The van der Waals surface area contributed by atoms with E-state index in [0.29, 0.717) is 16.6 Å². The van der Waals surface area contributed by atoms with Crippen molar-refractivity contribution in [3.05, 3.63) is 70.4 Å². The van der Waals surface area contributed by atoms with Crippen LogP contribution in [0.2, 0.25) is 10.0 Å². The fourth-order valence-electron chi connectivity index (χ4n) is 2.52. The average Bonchev–Trinajstić information content (AvgIpc) is 2.96. The quantitative estimate of drug-likeness (QED) is 0.760. The lowest BCUT2D eigenvalue weighted by Crippen LogP contribution is -2.09. The lowest BCUT2D eigenvalue weighted by atomic mass is 10.1. The number of pyridine rings is 1. The van der Waals surface area contributed by atoms with Gasteiger partial charge in [0.05, 0.1) is 22.7 Å². The number of imidazole rings is 1. The molecule has 0 atom stereocenters. The van der Waals surface area contributed by atoms with Gasteiger partial charge in [-0.05, 0) is 36.2 Å². The van der Waals surface area contributed by atoms with Gasteiger partial charge in [0.15, 0.2) is 0 Å².